The van der Waals surface area contributed by atoms with Gasteiger partial charge in [-0.1, -0.05) is 0 Å². The van der Waals surface area contributed by atoms with Crippen LogP contribution in [0, 0.1) is 6.92 Å². The molecule has 2 rings (SSSR count). The van der Waals surface area contributed by atoms with E-state index in [0.717, 1.165) is 10.0 Å². The first kappa shape index (κ1) is 11.8. The molecule has 1 saturated heterocycles. The van der Waals surface area contributed by atoms with Crippen molar-refractivity contribution in [3.63, 3.8) is 0 Å². The van der Waals surface area contributed by atoms with Gasteiger partial charge in [-0.2, -0.15) is 0 Å². The number of ether oxygens (including phenoxy) is 2. The number of hydrogen-bond donors (Lipinski definition) is 0. The van der Waals surface area contributed by atoms with Crippen LogP contribution >= 0.6 is 15.9 Å². The van der Waals surface area contributed by atoms with Crippen LogP contribution in [-0.2, 0) is 16.0 Å². The first-order valence-corrected chi connectivity index (χ1v) is 6.06. The normalized spacial score (nSPS) is 16.9. The number of nitrogens with zero attached hydrogens (tertiary/aromatic N) is 1. The van der Waals surface area contributed by atoms with Crippen molar-refractivity contribution in [3.8, 4) is 0 Å². The summed E-state index contributed by atoms with van der Waals surface area (Å²) in [6.45, 7) is 3.82. The second-order valence-corrected chi connectivity index (χ2v) is 4.65. The van der Waals surface area contributed by atoms with Crippen molar-refractivity contribution in [2.75, 3.05) is 13.2 Å². The predicted octanol–water partition coefficient (Wildman–Crippen LogP) is 1.68. The van der Waals surface area contributed by atoms with Crippen LogP contribution in [0.15, 0.2) is 21.5 Å². The van der Waals surface area contributed by atoms with Crippen LogP contribution in [0.2, 0.25) is 0 Å². The number of pyridine rings is 1. The summed E-state index contributed by atoms with van der Waals surface area (Å²) >= 11 is 3.41. The van der Waals surface area contributed by atoms with Crippen molar-refractivity contribution in [2.45, 2.75) is 26.2 Å². The van der Waals surface area contributed by atoms with Gasteiger partial charge in [-0.05, 0) is 28.4 Å². The van der Waals surface area contributed by atoms with E-state index in [1.165, 1.54) is 0 Å². The van der Waals surface area contributed by atoms with Crippen LogP contribution in [0.5, 0.6) is 0 Å². The summed E-state index contributed by atoms with van der Waals surface area (Å²) in [5.41, 5.74) is 0.966. The van der Waals surface area contributed by atoms with E-state index in [-0.39, 0.29) is 11.8 Å². The van der Waals surface area contributed by atoms with Crippen molar-refractivity contribution in [1.82, 2.24) is 4.57 Å². The Morgan fingerprint density at radius 2 is 2.19 bits per heavy atom. The molecule has 0 atom stereocenters. The summed E-state index contributed by atoms with van der Waals surface area (Å²) in [7, 11) is 0. The topological polar surface area (TPSA) is 40.5 Å². The summed E-state index contributed by atoms with van der Waals surface area (Å²) in [5, 5.41) is 0. The molecule has 0 aromatic carbocycles. The molecule has 0 saturated carbocycles. The Bertz CT molecular complexity index is 424. The van der Waals surface area contributed by atoms with Gasteiger partial charge >= 0.3 is 0 Å². The second-order valence-electron chi connectivity index (χ2n) is 3.80. The monoisotopic (exact) mass is 287 g/mol. The van der Waals surface area contributed by atoms with Crippen molar-refractivity contribution >= 4 is 15.9 Å². The Morgan fingerprint density at radius 1 is 1.50 bits per heavy atom. The van der Waals surface area contributed by atoms with Gasteiger partial charge in [-0.3, -0.25) is 4.79 Å². The Balaban J connectivity index is 2.03. The summed E-state index contributed by atoms with van der Waals surface area (Å²) < 4.78 is 13.3. The van der Waals surface area contributed by atoms with E-state index in [1.807, 2.05) is 13.1 Å². The van der Waals surface area contributed by atoms with Gasteiger partial charge in [0, 0.05) is 29.7 Å². The van der Waals surface area contributed by atoms with E-state index in [4.69, 9.17) is 9.47 Å². The first-order valence-electron chi connectivity index (χ1n) is 5.26. The Kier molecular flexibility index (Phi) is 3.78. The smallest absolute Gasteiger partial charge is 0.250 e. The largest absolute Gasteiger partial charge is 0.350 e. The Hall–Kier alpha value is -0.650. The lowest BCUT2D eigenvalue weighted by Gasteiger charge is -2.11. The highest BCUT2D eigenvalue weighted by atomic mass is 79.9. The average Bonchev–Trinajstić information content (AvgIpc) is 2.74. The maximum absolute atomic E-state index is 11.7. The quantitative estimate of drug-likeness (QED) is 0.849. The van der Waals surface area contributed by atoms with E-state index >= 15 is 0 Å². The minimum absolute atomic E-state index is 0.0127. The molecular weight excluding hydrogens is 274 g/mol. The van der Waals surface area contributed by atoms with Gasteiger partial charge in [-0.25, -0.2) is 0 Å². The molecule has 0 spiro atoms. The molecule has 0 unspecified atom stereocenters. The molecule has 1 aromatic rings. The molecule has 1 fully saturated rings. The minimum atomic E-state index is -0.160. The molecule has 88 valence electrons. The van der Waals surface area contributed by atoms with E-state index in [9.17, 15) is 4.79 Å². The van der Waals surface area contributed by atoms with E-state index in [0.29, 0.717) is 26.2 Å². The van der Waals surface area contributed by atoms with Crippen molar-refractivity contribution in [2.24, 2.45) is 0 Å². The standard InChI is InChI=1S/C11H14BrNO3/c1-8-6-10(14)13(7-9(8)12)3-2-11-15-4-5-16-11/h6-7,11H,2-5H2,1H3. The van der Waals surface area contributed by atoms with Crippen LogP contribution in [-0.4, -0.2) is 24.1 Å². The predicted molar refractivity (Wildman–Crippen MR) is 63.4 cm³/mol. The fourth-order valence-corrected chi connectivity index (χ4v) is 1.99. The fourth-order valence-electron chi connectivity index (χ4n) is 1.63. The number of halogens is 1. The Morgan fingerprint density at radius 3 is 2.88 bits per heavy atom. The molecule has 4 nitrogen and oxygen atoms in total. The third-order valence-corrected chi connectivity index (χ3v) is 3.40. The third-order valence-electron chi connectivity index (χ3n) is 2.57. The molecule has 16 heavy (non-hydrogen) atoms. The highest BCUT2D eigenvalue weighted by molar-refractivity contribution is 9.10. The average molecular weight is 288 g/mol. The lowest BCUT2D eigenvalue weighted by molar-refractivity contribution is -0.0492. The van der Waals surface area contributed by atoms with Crippen LogP contribution in [0.3, 0.4) is 0 Å². The molecule has 0 bridgehead atoms. The van der Waals surface area contributed by atoms with Crippen LogP contribution in [0.4, 0.5) is 0 Å². The lowest BCUT2D eigenvalue weighted by Crippen LogP contribution is -2.22. The number of hydrogen-bond acceptors (Lipinski definition) is 3. The zero-order valence-electron chi connectivity index (χ0n) is 9.11. The van der Waals surface area contributed by atoms with Gasteiger partial charge in [0.2, 0.25) is 0 Å². The van der Waals surface area contributed by atoms with Crippen molar-refractivity contribution < 1.29 is 9.47 Å². The molecule has 5 heteroatoms. The van der Waals surface area contributed by atoms with E-state index in [1.54, 1.807) is 10.6 Å². The maximum Gasteiger partial charge on any atom is 0.250 e. The zero-order valence-corrected chi connectivity index (χ0v) is 10.7. The molecular formula is C11H14BrNO3. The van der Waals surface area contributed by atoms with Crippen molar-refractivity contribution in [1.29, 1.82) is 0 Å². The third kappa shape index (κ3) is 2.72. The molecule has 1 aliphatic rings. The summed E-state index contributed by atoms with van der Waals surface area (Å²) in [4.78, 5) is 11.7. The van der Waals surface area contributed by atoms with Gasteiger partial charge < -0.3 is 14.0 Å². The number of aromatic nitrogens is 1. The van der Waals surface area contributed by atoms with Gasteiger partial charge in [0.25, 0.3) is 5.56 Å². The lowest BCUT2D eigenvalue weighted by atomic mass is 10.3. The molecule has 1 aromatic heterocycles. The van der Waals surface area contributed by atoms with E-state index in [2.05, 4.69) is 15.9 Å². The number of rotatable bonds is 3. The van der Waals surface area contributed by atoms with Gasteiger partial charge in [0.05, 0.1) is 13.2 Å². The molecule has 0 aliphatic carbocycles. The van der Waals surface area contributed by atoms with Crippen LogP contribution in [0.1, 0.15) is 12.0 Å². The molecule has 0 amide bonds. The molecule has 1 aliphatic heterocycles. The van der Waals surface area contributed by atoms with Crippen molar-refractivity contribution in [3.05, 3.63) is 32.7 Å². The minimum Gasteiger partial charge on any atom is -0.350 e. The van der Waals surface area contributed by atoms with Gasteiger partial charge in [0.1, 0.15) is 0 Å². The molecule has 2 heterocycles. The van der Waals surface area contributed by atoms with Crippen LogP contribution < -0.4 is 5.56 Å². The zero-order chi connectivity index (χ0) is 11.5. The Labute approximate surface area is 102 Å². The summed E-state index contributed by atoms with van der Waals surface area (Å²) in [6.07, 6.45) is 2.36. The summed E-state index contributed by atoms with van der Waals surface area (Å²) in [6, 6.07) is 1.63. The van der Waals surface area contributed by atoms with E-state index < -0.39 is 0 Å². The highest BCUT2D eigenvalue weighted by Gasteiger charge is 2.15. The second kappa shape index (κ2) is 5.12. The fraction of sp³-hybridized carbons (Fsp3) is 0.545. The van der Waals surface area contributed by atoms with Gasteiger partial charge in [0.15, 0.2) is 6.29 Å². The molecule has 0 radical (unpaired) electrons. The number of aryl methyl sites for hydroxylation is 2. The SMILES string of the molecule is Cc1cc(=O)n(CCC2OCCO2)cc1Br. The van der Waals surface area contributed by atoms with Gasteiger partial charge in [-0.15, -0.1) is 0 Å². The maximum atomic E-state index is 11.7. The first-order chi connectivity index (χ1) is 7.66. The summed E-state index contributed by atoms with van der Waals surface area (Å²) in [5.74, 6) is 0. The highest BCUT2D eigenvalue weighted by Crippen LogP contribution is 2.13. The molecule has 0 N–H and O–H groups in total. The van der Waals surface area contributed by atoms with Crippen LogP contribution in [0.25, 0.3) is 0 Å².